The molecule has 322 valence electrons. The number of rotatable bonds is 39. The highest BCUT2D eigenvalue weighted by molar-refractivity contribution is 5.71. The van der Waals surface area contributed by atoms with Crippen LogP contribution in [0.5, 0.6) is 0 Å². The van der Waals surface area contributed by atoms with Crippen LogP contribution in [0.1, 0.15) is 188 Å². The molecule has 6 nitrogen and oxygen atoms in total. The largest absolute Gasteiger partial charge is 0.462 e. The van der Waals surface area contributed by atoms with Crippen molar-refractivity contribution in [3.8, 4) is 0 Å². The lowest BCUT2D eigenvalue weighted by Crippen LogP contribution is -2.30. The molecule has 1 unspecified atom stereocenters. The lowest BCUT2D eigenvalue weighted by Gasteiger charge is -2.18. The number of carbonyl (C=O) groups excluding carboxylic acids is 3. The molecule has 1 atom stereocenters. The Hall–Kier alpha value is -3.67. The second-order valence-electron chi connectivity index (χ2n) is 14.6. The molecule has 0 N–H and O–H groups in total. The predicted octanol–water partition coefficient (Wildman–Crippen LogP) is 14.6. The van der Waals surface area contributed by atoms with Gasteiger partial charge in [0.05, 0.1) is 0 Å². The van der Waals surface area contributed by atoms with Crippen LogP contribution < -0.4 is 0 Å². The van der Waals surface area contributed by atoms with E-state index < -0.39 is 6.10 Å². The van der Waals surface area contributed by atoms with E-state index in [0.29, 0.717) is 12.8 Å². The van der Waals surface area contributed by atoms with Gasteiger partial charge in [-0.3, -0.25) is 14.4 Å². The third kappa shape index (κ3) is 43.3. The topological polar surface area (TPSA) is 78.9 Å². The van der Waals surface area contributed by atoms with Crippen LogP contribution in [0.25, 0.3) is 0 Å². The van der Waals surface area contributed by atoms with Gasteiger partial charge in [-0.15, -0.1) is 0 Å². The molecule has 0 amide bonds. The van der Waals surface area contributed by atoms with Crippen molar-refractivity contribution in [2.45, 2.75) is 194 Å². The molecule has 0 fully saturated rings. The van der Waals surface area contributed by atoms with Gasteiger partial charge in [0.2, 0.25) is 0 Å². The maximum atomic E-state index is 12.7. The number of unbranched alkanes of at least 4 members (excludes halogenated alkanes) is 15. The summed E-state index contributed by atoms with van der Waals surface area (Å²) in [5.41, 5.74) is 0. The van der Waals surface area contributed by atoms with Crippen LogP contribution in [0.3, 0.4) is 0 Å². The van der Waals surface area contributed by atoms with Crippen molar-refractivity contribution < 1.29 is 28.6 Å². The number of hydrogen-bond acceptors (Lipinski definition) is 6. The van der Waals surface area contributed by atoms with Crippen molar-refractivity contribution in [1.82, 2.24) is 0 Å². The van der Waals surface area contributed by atoms with Gasteiger partial charge in [0.1, 0.15) is 13.2 Å². The fraction of sp³-hybridized carbons (Fsp3) is 0.627. The molecular weight excluding hydrogens is 709 g/mol. The van der Waals surface area contributed by atoms with Crippen LogP contribution in [-0.4, -0.2) is 37.2 Å². The molecule has 0 aliphatic heterocycles. The average Bonchev–Trinajstić information content (AvgIpc) is 3.21. The van der Waals surface area contributed by atoms with E-state index in [1.54, 1.807) is 0 Å². The molecule has 0 saturated carbocycles. The number of carbonyl (C=O) groups is 3. The van der Waals surface area contributed by atoms with Crippen molar-refractivity contribution >= 4 is 17.9 Å². The standard InChI is InChI=1S/C51H82O6/c1-4-7-10-13-16-19-22-24-25-27-29-32-35-38-41-44-50(53)56-47-48(46-55-49(52)43-40-37-34-31-28-21-18-15-12-9-6-3)57-51(54)45-42-39-36-33-30-26-23-20-17-14-11-8-5-2/h8-9,11-12,14,16-24,31,34,48H,4-7,10,13,15,25-30,32-33,35-47H2,1-3H3/b11-8-,12-9-,17-14-,19-16-,21-18-,23-20-,24-22-,34-31-. The highest BCUT2D eigenvalue weighted by atomic mass is 16.6. The zero-order chi connectivity index (χ0) is 41.5. The average molecular weight is 791 g/mol. The smallest absolute Gasteiger partial charge is 0.306 e. The lowest BCUT2D eigenvalue weighted by atomic mass is 10.1. The summed E-state index contributed by atoms with van der Waals surface area (Å²) in [7, 11) is 0. The summed E-state index contributed by atoms with van der Waals surface area (Å²) in [6.07, 6.45) is 58.2. The van der Waals surface area contributed by atoms with Crippen molar-refractivity contribution in [3.05, 3.63) is 97.2 Å². The number of esters is 3. The van der Waals surface area contributed by atoms with Crippen molar-refractivity contribution in [2.75, 3.05) is 13.2 Å². The Kier molecular flexibility index (Phi) is 42.1. The van der Waals surface area contributed by atoms with Crippen LogP contribution >= 0.6 is 0 Å². The summed E-state index contributed by atoms with van der Waals surface area (Å²) in [6, 6.07) is 0. The maximum Gasteiger partial charge on any atom is 0.306 e. The second kappa shape index (κ2) is 45.0. The molecule has 6 heteroatoms. The monoisotopic (exact) mass is 791 g/mol. The molecule has 0 bridgehead atoms. The predicted molar refractivity (Wildman–Crippen MR) is 242 cm³/mol. The molecule has 0 aromatic rings. The first kappa shape index (κ1) is 53.3. The lowest BCUT2D eigenvalue weighted by molar-refractivity contribution is -0.167. The Morgan fingerprint density at radius 2 is 0.789 bits per heavy atom. The van der Waals surface area contributed by atoms with E-state index in [9.17, 15) is 14.4 Å². The number of ether oxygens (including phenoxy) is 3. The van der Waals surface area contributed by atoms with E-state index >= 15 is 0 Å². The normalized spacial score (nSPS) is 13.0. The zero-order valence-corrected chi connectivity index (χ0v) is 36.6. The minimum atomic E-state index is -0.812. The van der Waals surface area contributed by atoms with E-state index in [2.05, 4.69) is 112 Å². The third-order valence-corrected chi connectivity index (χ3v) is 9.14. The molecule has 0 radical (unpaired) electrons. The van der Waals surface area contributed by atoms with E-state index in [-0.39, 0.29) is 44.0 Å². The van der Waals surface area contributed by atoms with Gasteiger partial charge >= 0.3 is 17.9 Å². The SMILES string of the molecule is CC\C=C/C=C\C=C/CCCCCCCC(=O)OC(COC(=O)CCC/C=C\C/C=C\C/C=C\CC)COC(=O)CCCCCCCC/C=C\C=C/CCCCC. The maximum absolute atomic E-state index is 12.7. The fourth-order valence-corrected chi connectivity index (χ4v) is 5.75. The summed E-state index contributed by atoms with van der Waals surface area (Å²) in [4.78, 5) is 37.7. The van der Waals surface area contributed by atoms with Crippen molar-refractivity contribution in [3.63, 3.8) is 0 Å². The Bertz CT molecular complexity index is 1180. The minimum absolute atomic E-state index is 0.110. The molecule has 0 aromatic heterocycles. The van der Waals surface area contributed by atoms with Gasteiger partial charge in [0.25, 0.3) is 0 Å². The number of allylic oxidation sites excluding steroid dienone is 16. The molecule has 0 aromatic carbocycles. The van der Waals surface area contributed by atoms with Crippen LogP contribution in [0, 0.1) is 0 Å². The highest BCUT2D eigenvalue weighted by Gasteiger charge is 2.19. The van der Waals surface area contributed by atoms with Crippen LogP contribution in [0.2, 0.25) is 0 Å². The molecule has 0 heterocycles. The second-order valence-corrected chi connectivity index (χ2v) is 14.6. The zero-order valence-electron chi connectivity index (χ0n) is 36.6. The summed E-state index contributed by atoms with van der Waals surface area (Å²) < 4.78 is 16.6. The molecule has 57 heavy (non-hydrogen) atoms. The van der Waals surface area contributed by atoms with Crippen molar-refractivity contribution in [2.24, 2.45) is 0 Å². The Morgan fingerprint density at radius 1 is 0.386 bits per heavy atom. The van der Waals surface area contributed by atoms with E-state index in [1.165, 1.54) is 38.5 Å². The minimum Gasteiger partial charge on any atom is -0.462 e. The molecule has 0 aliphatic carbocycles. The molecular formula is C51H82O6. The van der Waals surface area contributed by atoms with Gasteiger partial charge in [-0.05, 0) is 89.9 Å². The summed E-state index contributed by atoms with van der Waals surface area (Å²) in [5.74, 6) is -1.01. The van der Waals surface area contributed by atoms with Gasteiger partial charge in [0.15, 0.2) is 6.10 Å². The molecule has 0 rings (SSSR count). The quantitative estimate of drug-likeness (QED) is 0.0203. The van der Waals surface area contributed by atoms with Gasteiger partial charge in [-0.25, -0.2) is 0 Å². The summed E-state index contributed by atoms with van der Waals surface area (Å²) >= 11 is 0. The summed E-state index contributed by atoms with van der Waals surface area (Å²) in [5, 5.41) is 0. The first-order chi connectivity index (χ1) is 28.0. The van der Waals surface area contributed by atoms with Gasteiger partial charge in [-0.1, -0.05) is 176 Å². The Morgan fingerprint density at radius 3 is 1.33 bits per heavy atom. The van der Waals surface area contributed by atoms with Crippen LogP contribution in [-0.2, 0) is 28.6 Å². The van der Waals surface area contributed by atoms with E-state index in [1.807, 2.05) is 6.08 Å². The van der Waals surface area contributed by atoms with Gasteiger partial charge in [-0.2, -0.15) is 0 Å². The molecule has 0 spiro atoms. The molecule has 0 saturated heterocycles. The van der Waals surface area contributed by atoms with Crippen LogP contribution in [0.15, 0.2) is 97.2 Å². The van der Waals surface area contributed by atoms with Crippen molar-refractivity contribution in [1.29, 1.82) is 0 Å². The highest BCUT2D eigenvalue weighted by Crippen LogP contribution is 2.12. The first-order valence-electron chi connectivity index (χ1n) is 22.8. The third-order valence-electron chi connectivity index (χ3n) is 9.14. The van der Waals surface area contributed by atoms with Gasteiger partial charge < -0.3 is 14.2 Å². The first-order valence-corrected chi connectivity index (χ1v) is 22.8. The van der Waals surface area contributed by atoms with E-state index in [0.717, 1.165) is 103 Å². The Balaban J connectivity index is 4.50. The van der Waals surface area contributed by atoms with Crippen LogP contribution in [0.4, 0.5) is 0 Å². The fourth-order valence-electron chi connectivity index (χ4n) is 5.75. The van der Waals surface area contributed by atoms with E-state index in [4.69, 9.17) is 14.2 Å². The van der Waals surface area contributed by atoms with Gasteiger partial charge in [0, 0.05) is 19.3 Å². The Labute approximate surface area is 349 Å². The molecule has 0 aliphatic rings. The number of hydrogen-bond donors (Lipinski definition) is 0. The summed E-state index contributed by atoms with van der Waals surface area (Å²) in [6.45, 7) is 6.25.